The Bertz CT molecular complexity index is 669. The predicted octanol–water partition coefficient (Wildman–Crippen LogP) is 2.01. The number of H-pyrrole nitrogens is 1. The van der Waals surface area contributed by atoms with E-state index in [1.54, 1.807) is 0 Å². The van der Waals surface area contributed by atoms with Crippen LogP contribution in [0.2, 0.25) is 0 Å². The molecular weight excluding hydrogens is 220 g/mol. The van der Waals surface area contributed by atoms with Crippen LogP contribution < -0.4 is 0 Å². The standard InChI is InChI=1S/C10H8N6O/c17-10-9(14-15-16-5-11-12-6-16)7-3-1-2-4-8(7)13-10/h1-6,13,17H. The maximum Gasteiger partial charge on any atom is 0.218 e. The Morgan fingerprint density at radius 2 is 1.94 bits per heavy atom. The van der Waals surface area contributed by atoms with E-state index in [9.17, 15) is 5.11 Å². The molecule has 0 atom stereocenters. The van der Waals surface area contributed by atoms with Crippen LogP contribution in [0.3, 0.4) is 0 Å². The smallest absolute Gasteiger partial charge is 0.218 e. The van der Waals surface area contributed by atoms with Crippen molar-refractivity contribution >= 4 is 16.6 Å². The van der Waals surface area contributed by atoms with Crippen molar-refractivity contribution in [3.05, 3.63) is 36.9 Å². The van der Waals surface area contributed by atoms with Gasteiger partial charge in [-0.05, 0) is 6.07 Å². The number of aromatic amines is 1. The molecule has 0 saturated carbocycles. The van der Waals surface area contributed by atoms with E-state index in [0.717, 1.165) is 10.9 Å². The van der Waals surface area contributed by atoms with E-state index in [0.29, 0.717) is 5.69 Å². The second-order valence-electron chi connectivity index (χ2n) is 3.40. The van der Waals surface area contributed by atoms with Gasteiger partial charge >= 0.3 is 0 Å². The summed E-state index contributed by atoms with van der Waals surface area (Å²) in [5.74, 6) is -0.0111. The summed E-state index contributed by atoms with van der Waals surface area (Å²) in [6, 6.07) is 7.45. The molecule has 3 rings (SSSR count). The van der Waals surface area contributed by atoms with Crippen LogP contribution in [0.4, 0.5) is 5.69 Å². The van der Waals surface area contributed by atoms with Crippen molar-refractivity contribution in [3.63, 3.8) is 0 Å². The molecule has 84 valence electrons. The van der Waals surface area contributed by atoms with Crippen molar-refractivity contribution in [2.24, 2.45) is 10.3 Å². The fraction of sp³-hybridized carbons (Fsp3) is 0. The number of para-hydroxylation sites is 1. The van der Waals surface area contributed by atoms with Gasteiger partial charge in [-0.1, -0.05) is 23.4 Å². The van der Waals surface area contributed by atoms with Crippen LogP contribution >= 0.6 is 0 Å². The number of hydrogen-bond acceptors (Lipinski definition) is 5. The molecule has 7 heteroatoms. The van der Waals surface area contributed by atoms with Gasteiger partial charge in [0.05, 0.1) is 5.52 Å². The maximum atomic E-state index is 9.71. The first-order valence-electron chi connectivity index (χ1n) is 4.91. The molecule has 0 unspecified atom stereocenters. The van der Waals surface area contributed by atoms with Gasteiger partial charge in [0.1, 0.15) is 12.7 Å². The normalized spacial score (nSPS) is 11.5. The third-order valence-electron chi connectivity index (χ3n) is 2.31. The zero-order valence-corrected chi connectivity index (χ0v) is 8.65. The van der Waals surface area contributed by atoms with Crippen molar-refractivity contribution in [2.75, 3.05) is 0 Å². The van der Waals surface area contributed by atoms with Gasteiger partial charge in [0.15, 0.2) is 5.69 Å². The number of nitrogens with zero attached hydrogens (tertiary/aromatic N) is 5. The lowest BCUT2D eigenvalue weighted by molar-refractivity contribution is 0.459. The second-order valence-corrected chi connectivity index (χ2v) is 3.40. The summed E-state index contributed by atoms with van der Waals surface area (Å²) in [6.45, 7) is 0. The summed E-state index contributed by atoms with van der Waals surface area (Å²) in [4.78, 5) is 2.82. The Balaban J connectivity index is 2.08. The number of aromatic nitrogens is 4. The Kier molecular flexibility index (Phi) is 2.08. The zero-order valence-electron chi connectivity index (χ0n) is 8.65. The molecule has 2 aromatic heterocycles. The lowest BCUT2D eigenvalue weighted by Crippen LogP contribution is -1.78. The summed E-state index contributed by atoms with van der Waals surface area (Å²) in [6.07, 6.45) is 2.82. The second kappa shape index (κ2) is 3.71. The van der Waals surface area contributed by atoms with Crippen LogP contribution in [-0.4, -0.2) is 25.0 Å². The average Bonchev–Trinajstić information content (AvgIpc) is 2.93. The molecular formula is C10H8N6O. The van der Waals surface area contributed by atoms with Crippen LogP contribution in [0.25, 0.3) is 10.9 Å². The Labute approximate surface area is 95.4 Å². The number of fused-ring (bicyclic) bond motifs is 1. The number of hydrogen-bond donors (Lipinski definition) is 2. The molecule has 0 saturated heterocycles. The molecule has 0 aliphatic heterocycles. The first kappa shape index (κ1) is 9.52. The van der Waals surface area contributed by atoms with Crippen LogP contribution in [0, 0.1) is 0 Å². The van der Waals surface area contributed by atoms with Gasteiger partial charge < -0.3 is 10.1 Å². The first-order valence-corrected chi connectivity index (χ1v) is 4.91. The van der Waals surface area contributed by atoms with E-state index in [4.69, 9.17) is 0 Å². The van der Waals surface area contributed by atoms with Crippen molar-refractivity contribution in [3.8, 4) is 5.88 Å². The molecule has 0 fully saturated rings. The molecule has 0 aliphatic rings. The lowest BCUT2D eigenvalue weighted by Gasteiger charge is -1.90. The highest BCUT2D eigenvalue weighted by atomic mass is 16.3. The SMILES string of the molecule is Oc1[nH]c2ccccc2c1N=Nn1cnnc1. The van der Waals surface area contributed by atoms with Crippen LogP contribution in [-0.2, 0) is 0 Å². The summed E-state index contributed by atoms with van der Waals surface area (Å²) < 4.78 is 1.35. The van der Waals surface area contributed by atoms with Gasteiger partial charge in [0.25, 0.3) is 0 Å². The summed E-state index contributed by atoms with van der Waals surface area (Å²) >= 11 is 0. The topological polar surface area (TPSA) is 91.4 Å². The van der Waals surface area contributed by atoms with Gasteiger partial charge in [-0.25, -0.2) is 0 Å². The Hall–Kier alpha value is -2.70. The number of benzene rings is 1. The van der Waals surface area contributed by atoms with Gasteiger partial charge in [0.2, 0.25) is 5.88 Å². The molecule has 0 aliphatic carbocycles. The third kappa shape index (κ3) is 1.63. The van der Waals surface area contributed by atoms with Gasteiger partial charge in [0, 0.05) is 5.39 Å². The Morgan fingerprint density at radius 1 is 1.18 bits per heavy atom. The first-order chi connectivity index (χ1) is 8.34. The Morgan fingerprint density at radius 3 is 2.76 bits per heavy atom. The quantitative estimate of drug-likeness (QED) is 0.657. The molecule has 7 nitrogen and oxygen atoms in total. The highest BCUT2D eigenvalue weighted by Crippen LogP contribution is 2.34. The largest absolute Gasteiger partial charge is 0.493 e. The number of rotatable bonds is 2. The fourth-order valence-corrected chi connectivity index (χ4v) is 1.55. The van der Waals surface area contributed by atoms with Crippen LogP contribution in [0.1, 0.15) is 0 Å². The number of aromatic hydroxyl groups is 1. The molecule has 0 bridgehead atoms. The van der Waals surface area contributed by atoms with Crippen molar-refractivity contribution in [1.29, 1.82) is 0 Å². The summed E-state index contributed by atoms with van der Waals surface area (Å²) in [7, 11) is 0. The van der Waals surface area contributed by atoms with E-state index in [1.807, 2.05) is 24.3 Å². The van der Waals surface area contributed by atoms with Gasteiger partial charge in [-0.15, -0.1) is 15.3 Å². The lowest BCUT2D eigenvalue weighted by atomic mass is 10.2. The minimum atomic E-state index is -0.0111. The monoisotopic (exact) mass is 228 g/mol. The van der Waals surface area contributed by atoms with Crippen molar-refractivity contribution in [1.82, 2.24) is 19.9 Å². The zero-order chi connectivity index (χ0) is 11.7. The van der Waals surface area contributed by atoms with E-state index >= 15 is 0 Å². The average molecular weight is 228 g/mol. The minimum Gasteiger partial charge on any atom is -0.493 e. The third-order valence-corrected chi connectivity index (χ3v) is 2.31. The van der Waals surface area contributed by atoms with E-state index in [2.05, 4.69) is 25.5 Å². The summed E-state index contributed by atoms with van der Waals surface area (Å²) in [5.41, 5.74) is 1.21. The molecule has 0 spiro atoms. The highest BCUT2D eigenvalue weighted by molar-refractivity contribution is 5.93. The predicted molar refractivity (Wildman–Crippen MR) is 59.9 cm³/mol. The van der Waals surface area contributed by atoms with Crippen LogP contribution in [0.5, 0.6) is 5.88 Å². The molecule has 0 amide bonds. The minimum absolute atomic E-state index is 0.0111. The van der Waals surface area contributed by atoms with Crippen molar-refractivity contribution < 1.29 is 5.11 Å². The number of nitrogens with one attached hydrogen (secondary N) is 1. The summed E-state index contributed by atoms with van der Waals surface area (Å²) in [5, 5.41) is 25.5. The molecule has 2 heterocycles. The highest BCUT2D eigenvalue weighted by Gasteiger charge is 2.09. The van der Waals surface area contributed by atoms with E-state index in [-0.39, 0.29) is 5.88 Å². The van der Waals surface area contributed by atoms with E-state index < -0.39 is 0 Å². The fourth-order valence-electron chi connectivity index (χ4n) is 1.55. The molecule has 1 aromatic carbocycles. The van der Waals surface area contributed by atoms with Crippen LogP contribution in [0.15, 0.2) is 47.3 Å². The van der Waals surface area contributed by atoms with Gasteiger partial charge in [-0.2, -0.15) is 4.68 Å². The van der Waals surface area contributed by atoms with Gasteiger partial charge in [-0.3, -0.25) is 0 Å². The van der Waals surface area contributed by atoms with E-state index in [1.165, 1.54) is 17.3 Å². The molecule has 2 N–H and O–H groups in total. The maximum absolute atomic E-state index is 9.71. The molecule has 0 radical (unpaired) electrons. The molecule has 3 aromatic rings. The molecule has 17 heavy (non-hydrogen) atoms. The van der Waals surface area contributed by atoms with Crippen molar-refractivity contribution in [2.45, 2.75) is 0 Å².